The molecule has 0 aromatic carbocycles. The Bertz CT molecular complexity index is 536. The molecule has 0 unspecified atom stereocenters. The molecule has 0 atom stereocenters. The van der Waals surface area contributed by atoms with Gasteiger partial charge in [-0.05, 0) is 18.8 Å². The van der Waals surface area contributed by atoms with Crippen LogP contribution in [-0.4, -0.2) is 17.1 Å². The summed E-state index contributed by atoms with van der Waals surface area (Å²) in [5.74, 6) is -1.08. The fourth-order valence-corrected chi connectivity index (χ4v) is 3.59. The summed E-state index contributed by atoms with van der Waals surface area (Å²) in [5.41, 5.74) is 0.115. The number of esters is 1. The Morgan fingerprint density at radius 3 is 2.07 bits per heavy atom. The predicted molar refractivity (Wildman–Crippen MR) is 111 cm³/mol. The van der Waals surface area contributed by atoms with Crippen LogP contribution in [0.25, 0.3) is 0 Å². The molecule has 0 amide bonds. The first-order valence-corrected chi connectivity index (χ1v) is 10.9. The van der Waals surface area contributed by atoms with Crippen LogP contribution in [0.1, 0.15) is 109 Å². The first-order valence-electron chi connectivity index (χ1n) is 10.9. The number of rotatable bonds is 15. The second kappa shape index (κ2) is 13.0. The van der Waals surface area contributed by atoms with E-state index in [2.05, 4.69) is 20.8 Å². The molecule has 0 N–H and O–H groups in total. The number of ether oxygens (including phenoxy) is 1. The van der Waals surface area contributed by atoms with Crippen LogP contribution < -0.4 is 0 Å². The average molecular weight is 382 g/mol. The molecule has 0 bridgehead atoms. The molecule has 0 aliphatic heterocycles. The van der Waals surface area contributed by atoms with E-state index in [0.29, 0.717) is 6.54 Å². The molecule has 0 radical (unpaired) electrons. The maximum Gasteiger partial charge on any atom is 0.342 e. The highest BCUT2D eigenvalue weighted by molar-refractivity contribution is 5.89. The van der Waals surface area contributed by atoms with Gasteiger partial charge in [0.1, 0.15) is 5.56 Å². The number of carbonyl (C=O) groups is 1. The van der Waals surface area contributed by atoms with Crippen molar-refractivity contribution >= 4 is 5.97 Å². The smallest absolute Gasteiger partial charge is 0.342 e. The zero-order valence-electron chi connectivity index (χ0n) is 18.0. The summed E-state index contributed by atoms with van der Waals surface area (Å²) in [6.45, 7) is 9.37. The molecule has 1 aromatic rings. The van der Waals surface area contributed by atoms with Gasteiger partial charge < -0.3 is 9.30 Å². The van der Waals surface area contributed by atoms with Gasteiger partial charge in [-0.2, -0.15) is 0 Å². The van der Waals surface area contributed by atoms with E-state index < -0.39 is 11.8 Å². The van der Waals surface area contributed by atoms with Gasteiger partial charge in [0.25, 0.3) is 0 Å². The summed E-state index contributed by atoms with van der Waals surface area (Å²) in [6.07, 6.45) is 17.5. The summed E-state index contributed by atoms with van der Waals surface area (Å²) in [4.78, 5) is 11.7. The number of hydrogen-bond acceptors (Lipinski definition) is 2. The average Bonchev–Trinajstić information content (AvgIpc) is 2.96. The predicted octanol–water partition coefficient (Wildman–Crippen LogP) is 7.14. The molecular formula is C23H40FNO2. The van der Waals surface area contributed by atoms with Crippen LogP contribution in [0.5, 0.6) is 0 Å². The van der Waals surface area contributed by atoms with Crippen LogP contribution in [-0.2, 0) is 11.3 Å². The Hall–Kier alpha value is -1.32. The quantitative estimate of drug-likeness (QED) is 0.239. The monoisotopic (exact) mass is 381 g/mol. The van der Waals surface area contributed by atoms with Gasteiger partial charge in [-0.15, -0.1) is 0 Å². The van der Waals surface area contributed by atoms with Crippen molar-refractivity contribution in [1.82, 2.24) is 4.57 Å². The molecular weight excluding hydrogens is 341 g/mol. The van der Waals surface area contributed by atoms with Gasteiger partial charge >= 0.3 is 5.97 Å². The Morgan fingerprint density at radius 2 is 1.52 bits per heavy atom. The van der Waals surface area contributed by atoms with Crippen molar-refractivity contribution in [3.63, 3.8) is 0 Å². The van der Waals surface area contributed by atoms with Crippen LogP contribution in [0, 0.1) is 11.2 Å². The fourth-order valence-electron chi connectivity index (χ4n) is 3.59. The molecule has 0 saturated carbocycles. The van der Waals surface area contributed by atoms with Gasteiger partial charge in [0.05, 0.1) is 6.61 Å². The number of aromatic nitrogens is 1. The highest BCUT2D eigenvalue weighted by Gasteiger charge is 2.21. The lowest BCUT2D eigenvalue weighted by Gasteiger charge is -2.25. The zero-order valence-corrected chi connectivity index (χ0v) is 18.0. The maximum absolute atomic E-state index is 14.0. The summed E-state index contributed by atoms with van der Waals surface area (Å²) in [6, 6.07) is 0. The highest BCUT2D eigenvalue weighted by atomic mass is 19.1. The lowest BCUT2D eigenvalue weighted by atomic mass is 9.86. The molecule has 0 spiro atoms. The lowest BCUT2D eigenvalue weighted by molar-refractivity contribution is 0.0521. The number of unbranched alkanes of at least 4 members (excludes halogenated alkanes) is 9. The van der Waals surface area contributed by atoms with E-state index in [1.54, 1.807) is 17.7 Å². The third-order valence-corrected chi connectivity index (χ3v) is 5.14. The summed E-state index contributed by atoms with van der Waals surface area (Å²) >= 11 is 0. The topological polar surface area (TPSA) is 31.2 Å². The zero-order chi connectivity index (χ0) is 20.1. The van der Waals surface area contributed by atoms with Crippen LogP contribution >= 0.6 is 0 Å². The third-order valence-electron chi connectivity index (χ3n) is 5.14. The Labute approximate surface area is 165 Å². The van der Waals surface area contributed by atoms with Crippen molar-refractivity contribution in [3.8, 4) is 0 Å². The second-order valence-corrected chi connectivity index (χ2v) is 8.51. The number of carbonyl (C=O) groups excluding carboxylic acids is 1. The molecule has 1 heterocycles. The van der Waals surface area contributed by atoms with Gasteiger partial charge in [0, 0.05) is 18.9 Å². The Morgan fingerprint density at radius 1 is 0.963 bits per heavy atom. The first kappa shape index (κ1) is 23.7. The number of halogens is 1. The Kier molecular flexibility index (Phi) is 11.4. The van der Waals surface area contributed by atoms with Crippen LogP contribution in [0.15, 0.2) is 12.4 Å². The second-order valence-electron chi connectivity index (χ2n) is 8.51. The molecule has 1 aromatic heterocycles. The third kappa shape index (κ3) is 9.97. The van der Waals surface area contributed by atoms with Crippen molar-refractivity contribution in [1.29, 1.82) is 0 Å². The lowest BCUT2D eigenvalue weighted by Crippen LogP contribution is -2.19. The summed E-state index contributed by atoms with van der Waals surface area (Å²) < 4.78 is 20.6. The fraction of sp³-hybridized carbons (Fsp3) is 0.783. The van der Waals surface area contributed by atoms with Crippen molar-refractivity contribution in [2.45, 2.75) is 105 Å². The highest BCUT2D eigenvalue weighted by Crippen LogP contribution is 2.27. The molecule has 1 rings (SSSR count). The first-order chi connectivity index (χ1) is 12.9. The molecule has 0 aliphatic rings. The van der Waals surface area contributed by atoms with Gasteiger partial charge in [0.15, 0.2) is 5.82 Å². The van der Waals surface area contributed by atoms with Crippen molar-refractivity contribution in [2.24, 2.45) is 5.41 Å². The van der Waals surface area contributed by atoms with E-state index in [9.17, 15) is 9.18 Å². The van der Waals surface area contributed by atoms with Crippen molar-refractivity contribution in [3.05, 3.63) is 23.8 Å². The van der Waals surface area contributed by atoms with Gasteiger partial charge in [-0.3, -0.25) is 0 Å². The summed E-state index contributed by atoms with van der Waals surface area (Å²) in [7, 11) is 0. The van der Waals surface area contributed by atoms with Crippen molar-refractivity contribution in [2.75, 3.05) is 6.61 Å². The largest absolute Gasteiger partial charge is 0.462 e. The van der Waals surface area contributed by atoms with Crippen LogP contribution in [0.4, 0.5) is 4.39 Å². The van der Waals surface area contributed by atoms with Gasteiger partial charge in [-0.1, -0.05) is 85.0 Å². The molecule has 0 saturated heterocycles. The molecule has 0 aliphatic carbocycles. The van der Waals surface area contributed by atoms with Gasteiger partial charge in [-0.25, -0.2) is 9.18 Å². The SMILES string of the molecule is CCCCCCCCCCCCC(C)(C)Cn1cc(F)c(C(=O)OCC)c1. The normalized spacial score (nSPS) is 11.7. The van der Waals surface area contributed by atoms with Crippen molar-refractivity contribution < 1.29 is 13.9 Å². The van der Waals surface area contributed by atoms with E-state index >= 15 is 0 Å². The number of hydrogen-bond donors (Lipinski definition) is 0. The van der Waals surface area contributed by atoms with Gasteiger partial charge in [0.2, 0.25) is 0 Å². The van der Waals surface area contributed by atoms with E-state index in [4.69, 9.17) is 4.74 Å². The van der Waals surface area contributed by atoms with E-state index in [0.717, 1.165) is 6.42 Å². The van der Waals surface area contributed by atoms with Crippen LogP contribution in [0.3, 0.4) is 0 Å². The molecule has 3 nitrogen and oxygen atoms in total. The molecule has 27 heavy (non-hydrogen) atoms. The molecule has 4 heteroatoms. The number of nitrogens with zero attached hydrogens (tertiary/aromatic N) is 1. The standard InChI is InChI=1S/C23H40FNO2/c1-5-7-8-9-10-11-12-13-14-15-16-23(3,4)19-25-17-20(21(24)18-25)22(26)27-6-2/h17-18H,5-16,19H2,1-4H3. The van der Waals surface area contributed by atoms with E-state index in [1.165, 1.54) is 70.4 Å². The Balaban J connectivity index is 2.24. The maximum atomic E-state index is 14.0. The minimum atomic E-state index is -0.582. The van der Waals surface area contributed by atoms with E-state index in [1.807, 2.05) is 0 Å². The van der Waals surface area contributed by atoms with E-state index in [-0.39, 0.29) is 17.6 Å². The summed E-state index contributed by atoms with van der Waals surface area (Å²) in [5, 5.41) is 0. The minimum Gasteiger partial charge on any atom is -0.462 e. The molecule has 0 fully saturated rings. The molecule has 156 valence electrons. The van der Waals surface area contributed by atoms with Crippen LogP contribution in [0.2, 0.25) is 0 Å². The minimum absolute atomic E-state index is 0.0339.